The molecule has 0 spiro atoms. The number of hydrazine groups is 1. The van der Waals surface area contributed by atoms with E-state index in [4.69, 9.17) is 15.3 Å². The minimum absolute atomic E-state index is 0.107. The number of hydrogen-bond donors (Lipinski definition) is 2. The van der Waals surface area contributed by atoms with E-state index >= 15 is 0 Å². The van der Waals surface area contributed by atoms with E-state index in [-0.39, 0.29) is 18.1 Å². The van der Waals surface area contributed by atoms with Crippen LogP contribution in [0.4, 0.5) is 0 Å². The molecule has 0 bridgehead atoms. The summed E-state index contributed by atoms with van der Waals surface area (Å²) in [5.74, 6) is 4.74. The molecule has 1 aliphatic rings. The number of ether oxygens (including phenoxy) is 2. The lowest BCUT2D eigenvalue weighted by Gasteiger charge is -2.29. The highest BCUT2D eigenvalue weighted by Gasteiger charge is 2.25. The van der Waals surface area contributed by atoms with Gasteiger partial charge in [0, 0.05) is 7.11 Å². The van der Waals surface area contributed by atoms with Crippen molar-refractivity contribution in [2.75, 3.05) is 7.11 Å². The van der Waals surface area contributed by atoms with E-state index in [1.807, 2.05) is 0 Å². The topological polar surface area (TPSA) is 73.6 Å². The van der Waals surface area contributed by atoms with Gasteiger partial charge < -0.3 is 9.47 Å². The number of carbonyl (C=O) groups excluding carboxylic acids is 1. The SMILES string of the molecule is COC1CCCC(OC(C)C(=O)NN)C1. The molecule has 5 heteroatoms. The van der Waals surface area contributed by atoms with E-state index < -0.39 is 6.10 Å². The molecular weight excluding hydrogens is 196 g/mol. The van der Waals surface area contributed by atoms with Crippen molar-refractivity contribution in [3.05, 3.63) is 0 Å². The number of carbonyl (C=O) groups is 1. The number of amides is 1. The summed E-state index contributed by atoms with van der Waals surface area (Å²) in [5, 5.41) is 0. The van der Waals surface area contributed by atoms with Crippen molar-refractivity contribution >= 4 is 5.91 Å². The fraction of sp³-hybridized carbons (Fsp3) is 0.900. The highest BCUT2D eigenvalue weighted by molar-refractivity contribution is 5.79. The molecule has 15 heavy (non-hydrogen) atoms. The molecule has 1 saturated carbocycles. The fourth-order valence-corrected chi connectivity index (χ4v) is 1.91. The van der Waals surface area contributed by atoms with E-state index in [2.05, 4.69) is 5.43 Å². The molecule has 3 N–H and O–H groups in total. The summed E-state index contributed by atoms with van der Waals surface area (Å²) >= 11 is 0. The van der Waals surface area contributed by atoms with Crippen LogP contribution in [0.3, 0.4) is 0 Å². The van der Waals surface area contributed by atoms with Crippen LogP contribution in [0.2, 0.25) is 0 Å². The van der Waals surface area contributed by atoms with E-state index in [9.17, 15) is 4.79 Å². The minimum atomic E-state index is -0.490. The fourth-order valence-electron chi connectivity index (χ4n) is 1.91. The number of nitrogens with two attached hydrogens (primary N) is 1. The predicted octanol–water partition coefficient (Wildman–Crippen LogP) is 0.339. The lowest BCUT2D eigenvalue weighted by Crippen LogP contribution is -2.41. The van der Waals surface area contributed by atoms with Crippen LogP contribution in [0.1, 0.15) is 32.6 Å². The van der Waals surface area contributed by atoms with Crippen molar-refractivity contribution in [2.45, 2.75) is 50.9 Å². The molecule has 3 atom stereocenters. The number of rotatable bonds is 4. The second kappa shape index (κ2) is 6.05. The normalized spacial score (nSPS) is 28.5. The van der Waals surface area contributed by atoms with Gasteiger partial charge in [-0.05, 0) is 32.6 Å². The number of hydrogen-bond acceptors (Lipinski definition) is 4. The molecule has 1 amide bonds. The Morgan fingerprint density at radius 1 is 1.47 bits per heavy atom. The Kier molecular flexibility index (Phi) is 5.01. The first-order chi connectivity index (χ1) is 7.17. The standard InChI is InChI=1S/C10H20N2O3/c1-7(10(13)12-11)15-9-5-3-4-8(6-9)14-2/h7-9H,3-6,11H2,1-2H3,(H,12,13). The van der Waals surface area contributed by atoms with Crippen LogP contribution < -0.4 is 11.3 Å². The minimum Gasteiger partial charge on any atom is -0.381 e. The largest absolute Gasteiger partial charge is 0.381 e. The Balaban J connectivity index is 2.34. The van der Waals surface area contributed by atoms with E-state index in [1.165, 1.54) is 0 Å². The Morgan fingerprint density at radius 2 is 2.13 bits per heavy atom. The molecule has 0 saturated heterocycles. The Morgan fingerprint density at radius 3 is 2.73 bits per heavy atom. The third-order valence-electron chi connectivity index (χ3n) is 2.82. The first-order valence-electron chi connectivity index (χ1n) is 5.36. The third kappa shape index (κ3) is 3.77. The molecule has 0 heterocycles. The maximum atomic E-state index is 11.1. The van der Waals surface area contributed by atoms with Gasteiger partial charge in [0.05, 0.1) is 12.2 Å². The Hall–Kier alpha value is -0.650. The molecule has 1 fully saturated rings. The average Bonchev–Trinajstić information content (AvgIpc) is 2.28. The maximum absolute atomic E-state index is 11.1. The van der Waals surface area contributed by atoms with Crippen molar-refractivity contribution in [3.8, 4) is 0 Å². The van der Waals surface area contributed by atoms with Gasteiger partial charge in [-0.1, -0.05) is 0 Å². The second-order valence-electron chi connectivity index (χ2n) is 3.93. The average molecular weight is 216 g/mol. The predicted molar refractivity (Wildman–Crippen MR) is 55.9 cm³/mol. The van der Waals surface area contributed by atoms with Gasteiger partial charge in [-0.3, -0.25) is 10.2 Å². The quantitative estimate of drug-likeness (QED) is 0.404. The van der Waals surface area contributed by atoms with Gasteiger partial charge in [-0.15, -0.1) is 0 Å². The Bertz CT molecular complexity index is 211. The zero-order valence-corrected chi connectivity index (χ0v) is 9.36. The zero-order chi connectivity index (χ0) is 11.3. The summed E-state index contributed by atoms with van der Waals surface area (Å²) in [5.41, 5.74) is 2.08. The van der Waals surface area contributed by atoms with Gasteiger partial charge in [0.25, 0.3) is 5.91 Å². The molecule has 3 unspecified atom stereocenters. The first kappa shape index (κ1) is 12.4. The van der Waals surface area contributed by atoms with Gasteiger partial charge in [0.15, 0.2) is 0 Å². The van der Waals surface area contributed by atoms with E-state index in [1.54, 1.807) is 14.0 Å². The third-order valence-corrected chi connectivity index (χ3v) is 2.82. The van der Waals surface area contributed by atoms with Crippen molar-refractivity contribution in [1.82, 2.24) is 5.43 Å². The van der Waals surface area contributed by atoms with Crippen LogP contribution >= 0.6 is 0 Å². The monoisotopic (exact) mass is 216 g/mol. The maximum Gasteiger partial charge on any atom is 0.262 e. The highest BCUT2D eigenvalue weighted by atomic mass is 16.5. The molecule has 0 aromatic heterocycles. The summed E-state index contributed by atoms with van der Waals surface area (Å²) in [6.07, 6.45) is 3.89. The van der Waals surface area contributed by atoms with Gasteiger partial charge in [0.1, 0.15) is 6.10 Å². The molecule has 0 radical (unpaired) electrons. The molecule has 1 aliphatic carbocycles. The summed E-state index contributed by atoms with van der Waals surface area (Å²) in [6.45, 7) is 1.71. The van der Waals surface area contributed by atoms with Crippen LogP contribution in [0.15, 0.2) is 0 Å². The van der Waals surface area contributed by atoms with Gasteiger partial charge in [-0.25, -0.2) is 5.84 Å². The van der Waals surface area contributed by atoms with Crippen molar-refractivity contribution in [2.24, 2.45) is 5.84 Å². The molecular formula is C10H20N2O3. The first-order valence-corrected chi connectivity index (χ1v) is 5.36. The number of nitrogens with one attached hydrogen (secondary N) is 1. The van der Waals surface area contributed by atoms with Gasteiger partial charge in [-0.2, -0.15) is 0 Å². The van der Waals surface area contributed by atoms with Crippen molar-refractivity contribution < 1.29 is 14.3 Å². The summed E-state index contributed by atoms with van der Waals surface area (Å²) in [7, 11) is 1.71. The summed E-state index contributed by atoms with van der Waals surface area (Å²) in [6, 6.07) is 0. The Labute approximate surface area is 90.3 Å². The molecule has 0 aromatic rings. The molecule has 5 nitrogen and oxygen atoms in total. The molecule has 88 valence electrons. The summed E-state index contributed by atoms with van der Waals surface area (Å²) < 4.78 is 10.9. The van der Waals surface area contributed by atoms with Crippen molar-refractivity contribution in [3.63, 3.8) is 0 Å². The van der Waals surface area contributed by atoms with Gasteiger partial charge in [0.2, 0.25) is 0 Å². The number of methoxy groups -OCH3 is 1. The summed E-state index contributed by atoms with van der Waals surface area (Å²) in [4.78, 5) is 11.1. The van der Waals surface area contributed by atoms with Crippen LogP contribution in [0, 0.1) is 0 Å². The molecule has 0 aromatic carbocycles. The smallest absolute Gasteiger partial charge is 0.262 e. The van der Waals surface area contributed by atoms with E-state index in [0.717, 1.165) is 25.7 Å². The lowest BCUT2D eigenvalue weighted by atomic mass is 9.95. The zero-order valence-electron chi connectivity index (χ0n) is 9.36. The van der Waals surface area contributed by atoms with E-state index in [0.29, 0.717) is 0 Å². The molecule has 1 rings (SSSR count). The van der Waals surface area contributed by atoms with Crippen molar-refractivity contribution in [1.29, 1.82) is 0 Å². The molecule has 0 aliphatic heterocycles. The van der Waals surface area contributed by atoms with Crippen LogP contribution in [-0.2, 0) is 14.3 Å². The van der Waals surface area contributed by atoms with Crippen LogP contribution in [-0.4, -0.2) is 31.3 Å². The van der Waals surface area contributed by atoms with Crippen LogP contribution in [0.5, 0.6) is 0 Å². The van der Waals surface area contributed by atoms with Crippen LogP contribution in [0.25, 0.3) is 0 Å². The highest BCUT2D eigenvalue weighted by Crippen LogP contribution is 2.23. The lowest BCUT2D eigenvalue weighted by molar-refractivity contribution is -0.138. The second-order valence-corrected chi connectivity index (χ2v) is 3.93. The van der Waals surface area contributed by atoms with Gasteiger partial charge >= 0.3 is 0 Å².